The van der Waals surface area contributed by atoms with Gasteiger partial charge in [0.05, 0.1) is 32.9 Å². The highest BCUT2D eigenvalue weighted by Crippen LogP contribution is 2.58. The number of phenols is 1. The summed E-state index contributed by atoms with van der Waals surface area (Å²) in [6, 6.07) is 14.8. The van der Waals surface area contributed by atoms with Gasteiger partial charge in [-0.05, 0) is 65.2 Å². The Morgan fingerprint density at radius 2 is 1.88 bits per heavy atom. The number of benzene rings is 2. The van der Waals surface area contributed by atoms with E-state index in [-0.39, 0.29) is 59.5 Å². The van der Waals surface area contributed by atoms with Crippen LogP contribution in [0.2, 0.25) is 5.02 Å². The number of H-pyrrole nitrogens is 1. The highest BCUT2D eigenvalue weighted by Gasteiger charge is 2.56. The number of aliphatic hydroxyl groups excluding tert-OH is 1. The van der Waals surface area contributed by atoms with Crippen LogP contribution < -0.4 is 10.1 Å². The number of phenolic OH excluding ortho intramolecular Hbond substituents is 1. The predicted molar refractivity (Wildman–Crippen MR) is 222 cm³/mol. The molecular formula is C43H44ClFN8O6S. The number of aromatic nitrogens is 5. The lowest BCUT2D eigenvalue weighted by Crippen LogP contribution is -2.48. The first kappa shape index (κ1) is 40.0. The Balaban J connectivity index is 0.765. The van der Waals surface area contributed by atoms with Gasteiger partial charge in [0, 0.05) is 67.8 Å². The summed E-state index contributed by atoms with van der Waals surface area (Å²) in [4.78, 5) is 40.2. The van der Waals surface area contributed by atoms with Crippen LogP contribution in [0.1, 0.15) is 54.8 Å². The third-order valence-electron chi connectivity index (χ3n) is 12.0. The number of nitrogens with zero attached hydrogens (tertiary/aromatic N) is 6. The van der Waals surface area contributed by atoms with Crippen LogP contribution in [-0.4, -0.2) is 102 Å². The Hall–Kier alpha value is -5.42. The molecule has 6 atom stereocenters. The first-order valence-electron chi connectivity index (χ1n) is 20.0. The first-order chi connectivity index (χ1) is 28.9. The summed E-state index contributed by atoms with van der Waals surface area (Å²) < 4.78 is 25.7. The van der Waals surface area contributed by atoms with Crippen LogP contribution >= 0.6 is 22.9 Å². The fourth-order valence-corrected chi connectivity index (χ4v) is 9.95. The second-order valence-corrected chi connectivity index (χ2v) is 17.6. The van der Waals surface area contributed by atoms with E-state index in [0.29, 0.717) is 48.0 Å². The van der Waals surface area contributed by atoms with Crippen LogP contribution in [0.5, 0.6) is 11.6 Å². The van der Waals surface area contributed by atoms with Crippen LogP contribution in [0.25, 0.3) is 32.7 Å². The molecule has 9 rings (SSSR count). The van der Waals surface area contributed by atoms with E-state index < -0.39 is 23.9 Å². The number of ether oxygens (including phenoxy) is 1. The smallest absolute Gasteiger partial charge is 0.254 e. The van der Waals surface area contributed by atoms with Gasteiger partial charge in [0.2, 0.25) is 11.8 Å². The van der Waals surface area contributed by atoms with E-state index in [1.165, 1.54) is 11.0 Å². The van der Waals surface area contributed by atoms with Crippen molar-refractivity contribution in [3.63, 3.8) is 0 Å². The topological polar surface area (TPSA) is 183 Å². The van der Waals surface area contributed by atoms with Crippen LogP contribution in [0.4, 0.5) is 4.39 Å². The van der Waals surface area contributed by atoms with E-state index in [2.05, 4.69) is 35.5 Å². The molecule has 2 aromatic carbocycles. The third-order valence-corrected chi connectivity index (χ3v) is 13.3. The summed E-state index contributed by atoms with van der Waals surface area (Å²) in [5.41, 5.74) is 6.99. The molecule has 1 saturated carbocycles. The normalized spacial score (nSPS) is 21.8. The largest absolute Gasteiger partial charge is 0.506 e. The highest BCUT2D eigenvalue weighted by atomic mass is 35.5. The van der Waals surface area contributed by atoms with E-state index in [1.54, 1.807) is 23.5 Å². The SMILES string of the molecule is Cc1ncsc1-c1ccc(CNC(=O)[C@@H]2C[C@@H](O)CN2C(=O)[C@@H](c2cc(OCCN3C[C@@H]4[C@H](C3)[C@H]4c3cc4cc(-c5cc(F)cc(Cl)c5O)nnc4[nH]3)no2)C(C)C)cc1. The number of fused-ring (bicyclic) bond motifs is 2. The van der Waals surface area contributed by atoms with Gasteiger partial charge in [-0.15, -0.1) is 21.5 Å². The van der Waals surface area contributed by atoms with Crippen LogP contribution in [0.3, 0.4) is 0 Å². The molecule has 312 valence electrons. The number of hydrogen-bond donors (Lipinski definition) is 4. The molecule has 17 heteroatoms. The molecule has 0 spiro atoms. The lowest BCUT2D eigenvalue weighted by molar-refractivity contribution is -0.141. The quantitative estimate of drug-likeness (QED) is 0.103. The molecular weight excluding hydrogens is 811 g/mol. The molecule has 0 radical (unpaired) electrons. The number of carbonyl (C=O) groups is 2. The number of aryl methyl sites for hydroxylation is 1. The van der Waals surface area contributed by atoms with Crippen molar-refractivity contribution in [3.8, 4) is 33.3 Å². The maximum Gasteiger partial charge on any atom is 0.254 e. The molecule has 1 aliphatic carbocycles. The van der Waals surface area contributed by atoms with Crippen molar-refractivity contribution in [3.05, 3.63) is 93.7 Å². The molecule has 2 saturated heterocycles. The summed E-state index contributed by atoms with van der Waals surface area (Å²) in [5.74, 6) is -0.403. The van der Waals surface area contributed by atoms with Crippen molar-refractivity contribution in [1.82, 2.24) is 40.4 Å². The molecule has 3 fully saturated rings. The minimum atomic E-state index is -0.824. The second kappa shape index (κ2) is 16.2. The zero-order valence-electron chi connectivity index (χ0n) is 33.1. The molecule has 14 nitrogen and oxygen atoms in total. The molecule has 6 aromatic rings. The van der Waals surface area contributed by atoms with Crippen LogP contribution in [0, 0.1) is 30.5 Å². The first-order valence-corrected chi connectivity index (χ1v) is 21.3. The van der Waals surface area contributed by atoms with Crippen molar-refractivity contribution in [1.29, 1.82) is 0 Å². The Morgan fingerprint density at radius 3 is 2.62 bits per heavy atom. The zero-order valence-corrected chi connectivity index (χ0v) is 34.7. The molecule has 4 aromatic heterocycles. The number of thiazole rings is 1. The zero-order chi connectivity index (χ0) is 41.8. The van der Waals surface area contributed by atoms with Gasteiger partial charge in [0.25, 0.3) is 5.88 Å². The number of β-amino-alcohol motifs (C(OH)–C–C–N with tert-alkyl or cyclic N) is 1. The summed E-state index contributed by atoms with van der Waals surface area (Å²) >= 11 is 7.56. The molecule has 0 unspecified atom stereocenters. The molecule has 0 bridgehead atoms. The maximum atomic E-state index is 14.1. The molecule has 2 amide bonds. The number of halogens is 2. The van der Waals surface area contributed by atoms with E-state index in [4.69, 9.17) is 20.9 Å². The number of likely N-dealkylation sites (tertiary alicyclic amines) is 2. The van der Waals surface area contributed by atoms with Crippen LogP contribution in [0.15, 0.2) is 64.6 Å². The minimum Gasteiger partial charge on any atom is -0.506 e. The summed E-state index contributed by atoms with van der Waals surface area (Å²) in [7, 11) is 0. The van der Waals surface area contributed by atoms with Crippen LogP contribution in [-0.2, 0) is 16.1 Å². The summed E-state index contributed by atoms with van der Waals surface area (Å²) in [5, 5.41) is 37.3. The monoisotopic (exact) mass is 854 g/mol. The number of carbonyl (C=O) groups excluding carboxylic acids is 2. The number of nitrogens with one attached hydrogen (secondary N) is 2. The van der Waals surface area contributed by atoms with Gasteiger partial charge >= 0.3 is 0 Å². The minimum absolute atomic E-state index is 0.0478. The van der Waals surface area contributed by atoms with Crippen molar-refractivity contribution >= 4 is 45.8 Å². The number of piperidine rings is 1. The molecule has 3 aliphatic rings. The molecule has 60 heavy (non-hydrogen) atoms. The predicted octanol–water partition coefficient (Wildman–Crippen LogP) is 6.28. The van der Waals surface area contributed by atoms with E-state index in [9.17, 15) is 24.2 Å². The number of aromatic amines is 1. The lowest BCUT2D eigenvalue weighted by atomic mass is 9.91. The average Bonchev–Trinajstić information content (AvgIpc) is 3.92. The third kappa shape index (κ3) is 7.84. The van der Waals surface area contributed by atoms with E-state index >= 15 is 0 Å². The Morgan fingerprint density at radius 1 is 1.10 bits per heavy atom. The molecule has 4 N–H and O–H groups in total. The Kier molecular flexibility index (Phi) is 10.8. The number of aliphatic hydroxyl groups is 1. The van der Waals surface area contributed by atoms with E-state index in [1.807, 2.05) is 56.6 Å². The van der Waals surface area contributed by atoms with Crippen molar-refractivity contribution in [2.24, 2.45) is 17.8 Å². The molecule has 6 heterocycles. The van der Waals surface area contributed by atoms with Gasteiger partial charge in [-0.25, -0.2) is 9.37 Å². The summed E-state index contributed by atoms with van der Waals surface area (Å²) in [6.45, 7) is 9.01. The lowest BCUT2D eigenvalue weighted by Gasteiger charge is -2.28. The maximum absolute atomic E-state index is 14.1. The van der Waals surface area contributed by atoms with Gasteiger partial charge in [0.1, 0.15) is 30.1 Å². The van der Waals surface area contributed by atoms with Crippen molar-refractivity contribution in [2.75, 3.05) is 32.8 Å². The number of aromatic hydroxyl groups is 1. The highest BCUT2D eigenvalue weighted by molar-refractivity contribution is 7.13. The van der Waals surface area contributed by atoms with Gasteiger partial charge in [-0.2, -0.15) is 0 Å². The van der Waals surface area contributed by atoms with Gasteiger partial charge in [-0.3, -0.25) is 14.5 Å². The number of rotatable bonds is 13. The fraction of sp³-hybridized carbons (Fsp3) is 0.395. The number of hydrogen-bond acceptors (Lipinski definition) is 12. The standard InChI is InChI=1S/C43H44ClFN8O6S/c1-21(2)37(43(57)53-17-27(54)14-34(53)42(56)46-16-23-4-6-24(7-5-23)40-22(3)47-20-60-40)35-15-36(51-59-35)58-9-8-52-18-29-30(19-52)38(29)33-11-25-10-32(49-50-41(25)48-33)28-12-26(45)13-31(44)39(28)55/h4-7,10-13,15,20-21,27,29-30,34,37-38,54-55H,8-9,14,16-19H2,1-3H3,(H,46,56)(H,48,50)/t27-,29-,30+,34+,37-,38+/m1/s1. The average molecular weight is 855 g/mol. The van der Waals surface area contributed by atoms with Crippen molar-refractivity contribution < 1.29 is 33.5 Å². The molecule has 2 aliphatic heterocycles. The second-order valence-electron chi connectivity index (χ2n) is 16.4. The van der Waals surface area contributed by atoms with Crippen molar-refractivity contribution in [2.45, 2.75) is 57.7 Å². The van der Waals surface area contributed by atoms with Gasteiger partial charge in [0.15, 0.2) is 11.4 Å². The Bertz CT molecular complexity index is 2550. The van der Waals surface area contributed by atoms with Gasteiger partial charge in [-0.1, -0.05) is 49.7 Å². The Labute approximate surface area is 353 Å². The summed E-state index contributed by atoms with van der Waals surface area (Å²) in [6.07, 6.45) is -0.678. The van der Waals surface area contributed by atoms with Gasteiger partial charge < -0.3 is 34.7 Å². The fourth-order valence-electron chi connectivity index (χ4n) is 8.93. The number of amides is 2. The van der Waals surface area contributed by atoms with E-state index in [0.717, 1.165) is 51.9 Å².